The van der Waals surface area contributed by atoms with E-state index in [1.807, 2.05) is 66.7 Å². The number of rotatable bonds is 4. The van der Waals surface area contributed by atoms with Gasteiger partial charge in [0.25, 0.3) is 5.91 Å². The van der Waals surface area contributed by atoms with Gasteiger partial charge in [0.2, 0.25) is 0 Å². The molecule has 0 bridgehead atoms. The number of benzene rings is 3. The maximum absolute atomic E-state index is 13.2. The second-order valence-electron chi connectivity index (χ2n) is 6.22. The molecule has 0 spiro atoms. The number of methoxy groups -OCH3 is 1. The van der Waals surface area contributed by atoms with Crippen LogP contribution >= 0.6 is 11.6 Å². The highest BCUT2D eigenvalue weighted by Gasteiger charge is 2.32. The van der Waals surface area contributed by atoms with Crippen molar-refractivity contribution in [2.45, 2.75) is 0 Å². The molecule has 28 heavy (non-hydrogen) atoms. The summed E-state index contributed by atoms with van der Waals surface area (Å²) in [5.41, 5.74) is 2.83. The van der Waals surface area contributed by atoms with E-state index in [2.05, 4.69) is 4.99 Å². The third-order valence-corrected chi connectivity index (χ3v) is 4.65. The van der Waals surface area contributed by atoms with Crippen LogP contribution in [0.4, 0.5) is 5.69 Å². The summed E-state index contributed by atoms with van der Waals surface area (Å²) in [7, 11) is 1.61. The number of amidine groups is 1. The lowest BCUT2D eigenvalue weighted by Gasteiger charge is -2.19. The quantitative estimate of drug-likeness (QED) is 0.577. The molecule has 4 nitrogen and oxygen atoms in total. The Morgan fingerprint density at radius 2 is 1.61 bits per heavy atom. The predicted molar refractivity (Wildman–Crippen MR) is 113 cm³/mol. The van der Waals surface area contributed by atoms with Crippen molar-refractivity contribution >= 4 is 35.1 Å². The molecule has 3 aromatic rings. The van der Waals surface area contributed by atoms with Crippen molar-refractivity contribution in [3.63, 3.8) is 0 Å². The lowest BCUT2D eigenvalue weighted by Crippen LogP contribution is -2.32. The molecule has 1 aliphatic heterocycles. The third kappa shape index (κ3) is 3.55. The second kappa shape index (κ2) is 7.71. The van der Waals surface area contributed by atoms with Crippen molar-refractivity contribution in [1.29, 1.82) is 0 Å². The maximum atomic E-state index is 13.2. The summed E-state index contributed by atoms with van der Waals surface area (Å²) in [6.45, 7) is 0. The molecule has 0 saturated carbocycles. The Labute approximate surface area is 168 Å². The molecule has 138 valence electrons. The smallest absolute Gasteiger partial charge is 0.282 e. The first-order valence-electron chi connectivity index (χ1n) is 8.75. The van der Waals surface area contributed by atoms with Crippen LogP contribution in [0.5, 0.6) is 5.75 Å². The number of nitrogens with zero attached hydrogens (tertiary/aromatic N) is 2. The highest BCUT2D eigenvalue weighted by atomic mass is 35.5. The molecule has 4 rings (SSSR count). The summed E-state index contributed by atoms with van der Waals surface area (Å²) in [5, 5.41) is 0.629. The molecule has 0 fully saturated rings. The van der Waals surface area contributed by atoms with E-state index < -0.39 is 0 Å². The molecule has 0 aromatic heterocycles. The number of carbonyl (C=O) groups excluding carboxylic acids is 1. The van der Waals surface area contributed by atoms with Gasteiger partial charge in [0.15, 0.2) is 0 Å². The number of ether oxygens (including phenoxy) is 1. The number of halogens is 1. The summed E-state index contributed by atoms with van der Waals surface area (Å²) in [5.74, 6) is 1.11. The number of carbonyl (C=O) groups is 1. The van der Waals surface area contributed by atoms with Crippen LogP contribution in [-0.2, 0) is 4.79 Å². The second-order valence-corrected chi connectivity index (χ2v) is 6.66. The molecule has 1 aliphatic rings. The van der Waals surface area contributed by atoms with E-state index in [0.29, 0.717) is 16.6 Å². The topological polar surface area (TPSA) is 41.9 Å². The molecule has 0 unspecified atom stereocenters. The van der Waals surface area contributed by atoms with Crippen molar-refractivity contribution in [1.82, 2.24) is 0 Å². The Bertz CT molecular complexity index is 1060. The van der Waals surface area contributed by atoms with Crippen molar-refractivity contribution in [2.24, 2.45) is 4.99 Å². The highest BCUT2D eigenvalue weighted by molar-refractivity contribution is 6.34. The SMILES string of the molecule is COc1ccc(N2C(=O)/C(=C\c3ccccc3)N=C2c2ccc(Cl)cc2)cc1. The van der Waals surface area contributed by atoms with E-state index >= 15 is 0 Å². The summed E-state index contributed by atoms with van der Waals surface area (Å²) in [4.78, 5) is 19.5. The molecule has 1 heterocycles. The van der Waals surface area contributed by atoms with Crippen LogP contribution in [0.15, 0.2) is 89.6 Å². The minimum atomic E-state index is -0.182. The monoisotopic (exact) mass is 388 g/mol. The number of hydrogen-bond acceptors (Lipinski definition) is 3. The zero-order chi connectivity index (χ0) is 19.5. The van der Waals surface area contributed by atoms with Crippen LogP contribution in [0.3, 0.4) is 0 Å². The molecule has 0 N–H and O–H groups in total. The molecule has 0 saturated heterocycles. The first-order valence-corrected chi connectivity index (χ1v) is 9.13. The van der Waals surface area contributed by atoms with Gasteiger partial charge in [0.05, 0.1) is 12.8 Å². The average molecular weight is 389 g/mol. The van der Waals surface area contributed by atoms with Gasteiger partial charge < -0.3 is 4.74 Å². The van der Waals surface area contributed by atoms with E-state index in [4.69, 9.17) is 16.3 Å². The molecule has 0 atom stereocenters. The van der Waals surface area contributed by atoms with Crippen LogP contribution in [-0.4, -0.2) is 18.9 Å². The molecule has 0 radical (unpaired) electrons. The van der Waals surface area contributed by atoms with Crippen molar-refractivity contribution in [3.8, 4) is 5.75 Å². The van der Waals surface area contributed by atoms with Gasteiger partial charge in [0.1, 0.15) is 17.3 Å². The van der Waals surface area contributed by atoms with E-state index in [1.165, 1.54) is 0 Å². The predicted octanol–water partition coefficient (Wildman–Crippen LogP) is 5.18. The first-order chi connectivity index (χ1) is 13.7. The third-order valence-electron chi connectivity index (χ3n) is 4.40. The van der Waals surface area contributed by atoms with E-state index in [-0.39, 0.29) is 5.91 Å². The average Bonchev–Trinajstić information content (AvgIpc) is 3.05. The molecule has 3 aromatic carbocycles. The van der Waals surface area contributed by atoms with Gasteiger partial charge in [-0.15, -0.1) is 0 Å². The zero-order valence-electron chi connectivity index (χ0n) is 15.2. The Balaban J connectivity index is 1.80. The largest absolute Gasteiger partial charge is 0.497 e. The molecule has 1 amide bonds. The fourth-order valence-corrected chi connectivity index (χ4v) is 3.11. The Morgan fingerprint density at radius 3 is 2.25 bits per heavy atom. The van der Waals surface area contributed by atoms with Gasteiger partial charge in [-0.3, -0.25) is 9.69 Å². The van der Waals surface area contributed by atoms with Gasteiger partial charge in [-0.05, 0) is 60.2 Å². The summed E-state index contributed by atoms with van der Waals surface area (Å²) in [6.07, 6.45) is 1.79. The van der Waals surface area contributed by atoms with E-state index in [9.17, 15) is 4.79 Å². The van der Waals surface area contributed by atoms with Crippen LogP contribution < -0.4 is 9.64 Å². The van der Waals surface area contributed by atoms with Gasteiger partial charge in [-0.2, -0.15) is 0 Å². The van der Waals surface area contributed by atoms with Crippen LogP contribution in [0.25, 0.3) is 6.08 Å². The van der Waals surface area contributed by atoms with E-state index in [1.54, 1.807) is 30.2 Å². The number of aliphatic imine (C=N–C) groups is 1. The van der Waals surface area contributed by atoms with Crippen LogP contribution in [0, 0.1) is 0 Å². The fraction of sp³-hybridized carbons (Fsp3) is 0.0435. The van der Waals surface area contributed by atoms with Gasteiger partial charge in [-0.1, -0.05) is 41.9 Å². The molecular weight excluding hydrogens is 372 g/mol. The Kier molecular flexibility index (Phi) is 4.96. The number of anilines is 1. The van der Waals surface area contributed by atoms with Gasteiger partial charge >= 0.3 is 0 Å². The number of amides is 1. The van der Waals surface area contributed by atoms with Crippen molar-refractivity contribution in [2.75, 3.05) is 12.0 Å². The van der Waals surface area contributed by atoms with Gasteiger partial charge in [-0.25, -0.2) is 4.99 Å². The molecule has 5 heteroatoms. The summed E-state index contributed by atoms with van der Waals surface area (Å²) >= 11 is 6.02. The maximum Gasteiger partial charge on any atom is 0.282 e. The highest BCUT2D eigenvalue weighted by Crippen LogP contribution is 2.29. The van der Waals surface area contributed by atoms with Crippen molar-refractivity contribution in [3.05, 3.63) is 101 Å². The zero-order valence-corrected chi connectivity index (χ0v) is 15.9. The van der Waals surface area contributed by atoms with Crippen LogP contribution in [0.1, 0.15) is 11.1 Å². The van der Waals surface area contributed by atoms with Crippen LogP contribution in [0.2, 0.25) is 5.02 Å². The normalized spacial score (nSPS) is 15.1. The standard InChI is InChI=1S/C23H17ClN2O2/c1-28-20-13-11-19(12-14-20)26-22(17-7-9-18(24)10-8-17)25-21(23(26)27)15-16-5-3-2-4-6-16/h2-15H,1H3/b21-15+. The van der Waals surface area contributed by atoms with Gasteiger partial charge in [0, 0.05) is 10.6 Å². The first kappa shape index (κ1) is 18.0. The molecule has 0 aliphatic carbocycles. The fourth-order valence-electron chi connectivity index (χ4n) is 2.99. The summed E-state index contributed by atoms with van der Waals surface area (Å²) < 4.78 is 5.22. The lowest BCUT2D eigenvalue weighted by molar-refractivity contribution is -0.113. The minimum Gasteiger partial charge on any atom is -0.497 e. The van der Waals surface area contributed by atoms with Crippen molar-refractivity contribution < 1.29 is 9.53 Å². The lowest BCUT2D eigenvalue weighted by atomic mass is 10.1. The Morgan fingerprint density at radius 1 is 0.929 bits per heavy atom. The number of hydrogen-bond donors (Lipinski definition) is 0. The molecular formula is C23H17ClN2O2. The summed E-state index contributed by atoms with van der Waals surface area (Å²) in [6, 6.07) is 24.3. The Hall–Kier alpha value is -3.37. The van der Waals surface area contributed by atoms with E-state index in [0.717, 1.165) is 22.6 Å². The minimum absolute atomic E-state index is 0.182.